The number of ketones is 1. The Morgan fingerprint density at radius 2 is 2.08 bits per heavy atom. The van der Waals surface area contributed by atoms with Crippen molar-refractivity contribution < 1.29 is 9.59 Å². The van der Waals surface area contributed by atoms with E-state index >= 15 is 0 Å². The van der Waals surface area contributed by atoms with Crippen molar-refractivity contribution in [2.45, 2.75) is 25.8 Å². The highest BCUT2D eigenvalue weighted by atomic mass is 32.1. The lowest BCUT2D eigenvalue weighted by Crippen LogP contribution is -2.31. The van der Waals surface area contributed by atoms with Gasteiger partial charge in [-0.15, -0.1) is 0 Å². The van der Waals surface area contributed by atoms with Gasteiger partial charge >= 0.3 is 0 Å². The zero-order chi connectivity index (χ0) is 17.4. The SMILES string of the molecule is Cc1ccc(-c2cnc(NC(=O)C3CCC(=O)c4cccn43)s2)cc1. The van der Waals surface area contributed by atoms with Crippen LogP contribution in [0.2, 0.25) is 0 Å². The molecule has 1 N–H and O–H groups in total. The lowest BCUT2D eigenvalue weighted by Gasteiger charge is -2.24. The van der Waals surface area contributed by atoms with Gasteiger partial charge in [0.05, 0.1) is 10.6 Å². The molecule has 3 heterocycles. The number of aryl methyl sites for hydroxylation is 1. The van der Waals surface area contributed by atoms with E-state index in [1.165, 1.54) is 16.9 Å². The van der Waals surface area contributed by atoms with Crippen LogP contribution in [0.15, 0.2) is 48.8 Å². The predicted molar refractivity (Wildman–Crippen MR) is 98.0 cm³/mol. The molecular formula is C19H17N3O2S. The fourth-order valence-corrected chi connectivity index (χ4v) is 3.89. The molecule has 0 aliphatic carbocycles. The van der Waals surface area contributed by atoms with Crippen LogP contribution in [-0.2, 0) is 4.79 Å². The number of nitrogens with one attached hydrogen (secondary N) is 1. The Kier molecular flexibility index (Phi) is 3.97. The maximum atomic E-state index is 12.6. The summed E-state index contributed by atoms with van der Waals surface area (Å²) in [6, 6.07) is 11.4. The van der Waals surface area contributed by atoms with Gasteiger partial charge in [0.1, 0.15) is 6.04 Å². The largest absolute Gasteiger partial charge is 0.333 e. The summed E-state index contributed by atoms with van der Waals surface area (Å²) in [5.41, 5.74) is 2.89. The van der Waals surface area contributed by atoms with Crippen molar-refractivity contribution in [1.82, 2.24) is 9.55 Å². The Balaban J connectivity index is 1.52. The molecule has 126 valence electrons. The van der Waals surface area contributed by atoms with Crippen LogP contribution in [0.25, 0.3) is 10.4 Å². The molecule has 1 aliphatic heterocycles. The van der Waals surface area contributed by atoms with Gasteiger partial charge in [0.2, 0.25) is 5.91 Å². The van der Waals surface area contributed by atoms with Crippen LogP contribution >= 0.6 is 11.3 Å². The number of hydrogen-bond donors (Lipinski definition) is 1. The Morgan fingerprint density at radius 1 is 1.28 bits per heavy atom. The normalized spacial score (nSPS) is 16.5. The second-order valence-corrected chi connectivity index (χ2v) is 7.19. The van der Waals surface area contributed by atoms with Crippen molar-refractivity contribution in [3.8, 4) is 10.4 Å². The van der Waals surface area contributed by atoms with Crippen molar-refractivity contribution in [3.63, 3.8) is 0 Å². The number of fused-ring (bicyclic) bond motifs is 1. The minimum atomic E-state index is -0.366. The number of amides is 1. The molecule has 1 aromatic carbocycles. The minimum Gasteiger partial charge on any atom is -0.333 e. The molecule has 3 aromatic rings. The van der Waals surface area contributed by atoms with E-state index in [-0.39, 0.29) is 17.7 Å². The van der Waals surface area contributed by atoms with Gasteiger partial charge in [0, 0.05) is 18.8 Å². The van der Waals surface area contributed by atoms with E-state index in [0.717, 1.165) is 10.4 Å². The first-order valence-corrected chi connectivity index (χ1v) is 8.97. The topological polar surface area (TPSA) is 64.0 Å². The number of anilines is 1. The third-order valence-electron chi connectivity index (χ3n) is 4.42. The van der Waals surface area contributed by atoms with Crippen LogP contribution in [0.1, 0.15) is 34.9 Å². The summed E-state index contributed by atoms with van der Waals surface area (Å²) < 4.78 is 1.76. The highest BCUT2D eigenvalue weighted by Crippen LogP contribution is 2.31. The van der Waals surface area contributed by atoms with Gasteiger partial charge in [-0.05, 0) is 31.0 Å². The summed E-state index contributed by atoms with van der Waals surface area (Å²) in [7, 11) is 0. The molecule has 25 heavy (non-hydrogen) atoms. The molecule has 1 unspecified atom stereocenters. The average Bonchev–Trinajstić information content (AvgIpc) is 3.26. The molecule has 0 fully saturated rings. The Hall–Kier alpha value is -2.73. The smallest absolute Gasteiger partial charge is 0.249 e. The van der Waals surface area contributed by atoms with Gasteiger partial charge in [0.25, 0.3) is 0 Å². The molecule has 0 saturated heterocycles. The molecule has 0 saturated carbocycles. The molecule has 1 amide bonds. The molecule has 0 radical (unpaired) electrons. The van der Waals surface area contributed by atoms with E-state index in [0.29, 0.717) is 23.7 Å². The van der Waals surface area contributed by atoms with Crippen molar-refractivity contribution in [2.24, 2.45) is 0 Å². The van der Waals surface area contributed by atoms with Crippen LogP contribution in [0.5, 0.6) is 0 Å². The molecule has 1 atom stereocenters. The number of carbonyl (C=O) groups is 2. The van der Waals surface area contributed by atoms with Crippen molar-refractivity contribution >= 4 is 28.2 Å². The van der Waals surface area contributed by atoms with E-state index in [2.05, 4.69) is 22.4 Å². The molecule has 1 aliphatic rings. The minimum absolute atomic E-state index is 0.0879. The molecular weight excluding hydrogens is 334 g/mol. The lowest BCUT2D eigenvalue weighted by atomic mass is 10.0. The third-order valence-corrected chi connectivity index (χ3v) is 5.38. The molecule has 6 heteroatoms. The zero-order valence-electron chi connectivity index (χ0n) is 13.7. The van der Waals surface area contributed by atoms with Crippen LogP contribution in [0, 0.1) is 6.92 Å². The van der Waals surface area contributed by atoms with Gasteiger partial charge in [-0.3, -0.25) is 9.59 Å². The van der Waals surface area contributed by atoms with Crippen molar-refractivity contribution in [1.29, 1.82) is 0 Å². The molecule has 5 nitrogen and oxygen atoms in total. The molecule has 2 aromatic heterocycles. The van der Waals surface area contributed by atoms with Gasteiger partial charge in [-0.1, -0.05) is 41.2 Å². The molecule has 0 spiro atoms. The van der Waals surface area contributed by atoms with Crippen LogP contribution < -0.4 is 5.32 Å². The van der Waals surface area contributed by atoms with Gasteiger partial charge in [-0.2, -0.15) is 0 Å². The number of thiazole rings is 1. The Bertz CT molecular complexity index is 940. The summed E-state index contributed by atoms with van der Waals surface area (Å²) in [6.07, 6.45) is 4.48. The highest BCUT2D eigenvalue weighted by Gasteiger charge is 2.29. The van der Waals surface area contributed by atoms with E-state index < -0.39 is 0 Å². The van der Waals surface area contributed by atoms with Crippen LogP contribution in [0.3, 0.4) is 0 Å². The van der Waals surface area contributed by atoms with Gasteiger partial charge in [0.15, 0.2) is 10.9 Å². The molecule has 0 bridgehead atoms. The van der Waals surface area contributed by atoms with E-state index in [9.17, 15) is 9.59 Å². The van der Waals surface area contributed by atoms with Gasteiger partial charge in [-0.25, -0.2) is 4.98 Å². The second kappa shape index (κ2) is 6.29. The third kappa shape index (κ3) is 3.00. The lowest BCUT2D eigenvalue weighted by molar-refractivity contribution is -0.119. The summed E-state index contributed by atoms with van der Waals surface area (Å²) in [5.74, 6) is -0.0419. The molecule has 4 rings (SSSR count). The fraction of sp³-hybridized carbons (Fsp3) is 0.211. The van der Waals surface area contributed by atoms with Crippen molar-refractivity contribution in [3.05, 3.63) is 60.0 Å². The van der Waals surface area contributed by atoms with Crippen LogP contribution in [-0.4, -0.2) is 21.2 Å². The van der Waals surface area contributed by atoms with E-state index in [1.807, 2.05) is 19.1 Å². The number of aromatic nitrogens is 2. The fourth-order valence-electron chi connectivity index (χ4n) is 3.07. The quantitative estimate of drug-likeness (QED) is 0.773. The maximum Gasteiger partial charge on any atom is 0.249 e. The maximum absolute atomic E-state index is 12.6. The Labute approximate surface area is 149 Å². The standard InChI is InChI=1S/C19H17N3O2S/c1-12-4-6-13(7-5-12)17-11-20-19(25-17)21-18(24)15-8-9-16(23)14-3-2-10-22(14)15/h2-7,10-11,15H,8-9H2,1H3,(H,20,21,24). The predicted octanol–water partition coefficient (Wildman–Crippen LogP) is 4.08. The van der Waals surface area contributed by atoms with Gasteiger partial charge < -0.3 is 9.88 Å². The van der Waals surface area contributed by atoms with Crippen molar-refractivity contribution in [2.75, 3.05) is 5.32 Å². The summed E-state index contributed by atoms with van der Waals surface area (Å²) in [5, 5.41) is 3.47. The Morgan fingerprint density at radius 3 is 2.88 bits per heavy atom. The first-order chi connectivity index (χ1) is 12.1. The van der Waals surface area contributed by atoms with E-state index in [1.54, 1.807) is 29.1 Å². The monoisotopic (exact) mass is 351 g/mol. The highest BCUT2D eigenvalue weighted by molar-refractivity contribution is 7.19. The second-order valence-electron chi connectivity index (χ2n) is 6.16. The zero-order valence-corrected chi connectivity index (χ0v) is 14.5. The number of rotatable bonds is 3. The van der Waals surface area contributed by atoms with Crippen LogP contribution in [0.4, 0.5) is 5.13 Å². The number of carbonyl (C=O) groups excluding carboxylic acids is 2. The number of nitrogens with zero attached hydrogens (tertiary/aromatic N) is 2. The summed E-state index contributed by atoms with van der Waals surface area (Å²) in [6.45, 7) is 2.05. The number of Topliss-reactive ketones (excluding diaryl/α,β-unsaturated/α-hetero) is 1. The average molecular weight is 351 g/mol. The number of hydrogen-bond acceptors (Lipinski definition) is 4. The first kappa shape index (κ1) is 15.8. The number of benzene rings is 1. The summed E-state index contributed by atoms with van der Waals surface area (Å²) in [4.78, 5) is 29.9. The first-order valence-electron chi connectivity index (χ1n) is 8.15. The van der Waals surface area contributed by atoms with E-state index in [4.69, 9.17) is 0 Å². The summed E-state index contributed by atoms with van der Waals surface area (Å²) >= 11 is 1.45.